The number of fused-ring (bicyclic) bond motifs is 2. The Labute approximate surface area is 291 Å². The maximum Gasteiger partial charge on any atom is 0.322 e. The van der Waals surface area contributed by atoms with Crippen molar-refractivity contribution >= 4 is 82.8 Å². The molecule has 0 saturated heterocycles. The first kappa shape index (κ1) is 34.3. The number of hydrogen-bond donors (Lipinski definition) is 6. The lowest BCUT2D eigenvalue weighted by atomic mass is 10.2. The van der Waals surface area contributed by atoms with Crippen LogP contribution in [-0.4, -0.2) is 77.2 Å². The normalized spacial score (nSPS) is 10.5. The summed E-state index contributed by atoms with van der Waals surface area (Å²) in [7, 11) is 0. The number of halogens is 1. The number of nitrogens with one attached hydrogen (secondary N) is 2. The van der Waals surface area contributed by atoms with Gasteiger partial charge in [0.25, 0.3) is 11.8 Å². The van der Waals surface area contributed by atoms with Gasteiger partial charge < -0.3 is 31.1 Å². The Morgan fingerprint density at radius 2 is 1.12 bits per heavy atom. The summed E-state index contributed by atoms with van der Waals surface area (Å²) in [6.07, 6.45) is 0. The third-order valence-electron chi connectivity index (χ3n) is 6.37. The highest BCUT2D eigenvalue weighted by molar-refractivity contribution is 9.10. The molecule has 0 atom stereocenters. The molecule has 0 aliphatic rings. The molecule has 6 N–H and O–H groups in total. The van der Waals surface area contributed by atoms with Crippen molar-refractivity contribution in [3.05, 3.63) is 82.3 Å². The topological polar surface area (TPSA) is 249 Å². The van der Waals surface area contributed by atoms with Gasteiger partial charge >= 0.3 is 11.9 Å². The van der Waals surface area contributed by atoms with E-state index in [1.165, 1.54) is 22.7 Å². The van der Waals surface area contributed by atoms with Gasteiger partial charge in [-0.2, -0.15) is 5.26 Å². The molecule has 0 fully saturated rings. The summed E-state index contributed by atoms with van der Waals surface area (Å²) in [6.45, 7) is -1.20. The quantitative estimate of drug-likeness (QED) is 0.118. The second-order valence-corrected chi connectivity index (χ2v) is 12.4. The standard InChI is InChI=1S/C16H10N4O4S.C15H10BrN3O4S/c17-6-9-14-11(20-16(25-14)8-4-2-1-3-5-8)13(23)12(19-9)15(24)18-7-10(21)22;16-13-12-9(19-15(24-12)7-4-2-1-3-5-7)11(22)10(18-13)14(23)17-6-8(20)21/h1-5,23H,7H2,(H,18,24)(H,21,22);1-5,22H,6H2,(H,17,23)(H,20,21). The first-order valence-electron chi connectivity index (χ1n) is 13.7. The number of aromatic nitrogens is 4. The predicted octanol–water partition coefficient (Wildman–Crippen LogP) is 4.39. The number of carboxylic acid groups (broad SMARTS) is 2. The molecule has 0 spiro atoms. The number of aliphatic carboxylic acids is 2. The number of thiazole rings is 2. The van der Waals surface area contributed by atoms with Crippen LogP contribution in [0.2, 0.25) is 0 Å². The Morgan fingerprint density at radius 1 is 0.694 bits per heavy atom. The van der Waals surface area contributed by atoms with Crippen molar-refractivity contribution in [2.45, 2.75) is 0 Å². The number of benzene rings is 2. The lowest BCUT2D eigenvalue weighted by Crippen LogP contribution is -2.30. The fourth-order valence-corrected chi connectivity index (χ4v) is 6.76. The van der Waals surface area contributed by atoms with Crippen molar-refractivity contribution in [3.63, 3.8) is 0 Å². The number of nitrogens with zero attached hydrogens (tertiary/aromatic N) is 5. The highest BCUT2D eigenvalue weighted by Gasteiger charge is 2.24. The highest BCUT2D eigenvalue weighted by atomic mass is 79.9. The van der Waals surface area contributed by atoms with Crippen LogP contribution in [-0.2, 0) is 9.59 Å². The van der Waals surface area contributed by atoms with E-state index >= 15 is 0 Å². The second-order valence-electron chi connectivity index (χ2n) is 9.65. The van der Waals surface area contributed by atoms with Crippen molar-refractivity contribution in [2.24, 2.45) is 0 Å². The number of pyridine rings is 2. The number of aromatic hydroxyl groups is 2. The Hall–Kier alpha value is -6.03. The Morgan fingerprint density at radius 3 is 1.57 bits per heavy atom. The second kappa shape index (κ2) is 14.8. The van der Waals surface area contributed by atoms with Crippen molar-refractivity contribution in [2.75, 3.05) is 13.1 Å². The first-order valence-corrected chi connectivity index (χ1v) is 16.1. The summed E-state index contributed by atoms with van der Waals surface area (Å²) in [5, 5.41) is 52.7. The van der Waals surface area contributed by atoms with Crippen molar-refractivity contribution in [1.82, 2.24) is 30.6 Å². The van der Waals surface area contributed by atoms with Gasteiger partial charge in [-0.25, -0.2) is 19.9 Å². The van der Waals surface area contributed by atoms with E-state index in [9.17, 15) is 34.7 Å². The minimum Gasteiger partial charge on any atom is -0.504 e. The van der Waals surface area contributed by atoms with Crippen LogP contribution in [0.25, 0.3) is 41.6 Å². The zero-order valence-electron chi connectivity index (χ0n) is 24.5. The molecular weight excluding hydrogens is 742 g/mol. The molecule has 4 aromatic heterocycles. The summed E-state index contributed by atoms with van der Waals surface area (Å²) in [4.78, 5) is 61.7. The van der Waals surface area contributed by atoms with Crippen molar-refractivity contribution < 1.29 is 39.6 Å². The van der Waals surface area contributed by atoms with Crippen LogP contribution in [0.3, 0.4) is 0 Å². The van der Waals surface area contributed by atoms with Crippen LogP contribution >= 0.6 is 38.6 Å². The Bertz CT molecular complexity index is 2290. The molecule has 2 amide bonds. The van der Waals surface area contributed by atoms with E-state index in [2.05, 4.69) is 46.5 Å². The summed E-state index contributed by atoms with van der Waals surface area (Å²) >= 11 is 5.76. The van der Waals surface area contributed by atoms with E-state index in [0.29, 0.717) is 24.0 Å². The van der Waals surface area contributed by atoms with Crippen LogP contribution < -0.4 is 10.6 Å². The molecular formula is C31H20BrN7O8S2. The average molecular weight is 763 g/mol. The molecule has 49 heavy (non-hydrogen) atoms. The molecule has 0 aliphatic heterocycles. The smallest absolute Gasteiger partial charge is 0.322 e. The number of hydrogen-bond acceptors (Lipinski definition) is 13. The summed E-state index contributed by atoms with van der Waals surface area (Å²) < 4.78 is 1.31. The predicted molar refractivity (Wildman–Crippen MR) is 181 cm³/mol. The third-order valence-corrected chi connectivity index (χ3v) is 9.42. The van der Waals surface area contributed by atoms with E-state index < -0.39 is 48.3 Å². The van der Waals surface area contributed by atoms with Crippen LogP contribution in [0.15, 0.2) is 65.3 Å². The zero-order chi connectivity index (χ0) is 35.2. The fourth-order valence-electron chi connectivity index (χ4n) is 4.18. The molecule has 0 aliphatic carbocycles. The number of nitriles is 1. The molecule has 0 bridgehead atoms. The minimum atomic E-state index is -1.24. The first-order chi connectivity index (χ1) is 23.5. The van der Waals surface area contributed by atoms with E-state index in [1.807, 2.05) is 66.7 Å². The van der Waals surface area contributed by atoms with Gasteiger partial charge in [-0.05, 0) is 15.9 Å². The number of carboxylic acids is 2. The molecule has 6 rings (SSSR count). The van der Waals surface area contributed by atoms with E-state index in [1.54, 1.807) is 0 Å². The SMILES string of the molecule is N#Cc1nc(C(=O)NCC(=O)O)c(O)c2nc(-c3ccccc3)sc12.O=C(O)CNC(=O)c1nc(Br)c2sc(-c3ccccc3)nc2c1O. The van der Waals surface area contributed by atoms with Gasteiger partial charge in [0, 0.05) is 11.1 Å². The average Bonchev–Trinajstić information content (AvgIpc) is 3.76. The van der Waals surface area contributed by atoms with Crippen molar-refractivity contribution in [1.29, 1.82) is 5.26 Å². The minimum absolute atomic E-state index is 0.0621. The van der Waals surface area contributed by atoms with Crippen LogP contribution in [0.1, 0.15) is 26.7 Å². The number of rotatable bonds is 8. The molecule has 18 heteroatoms. The molecule has 246 valence electrons. The van der Waals surface area contributed by atoms with Crippen LogP contribution in [0, 0.1) is 11.3 Å². The maximum absolute atomic E-state index is 12.0. The highest BCUT2D eigenvalue weighted by Crippen LogP contribution is 2.39. The van der Waals surface area contributed by atoms with Crippen LogP contribution in [0.4, 0.5) is 0 Å². The maximum atomic E-state index is 12.0. The number of carbonyl (C=O) groups excluding carboxylic acids is 2. The fraction of sp³-hybridized carbons (Fsp3) is 0.0645. The largest absolute Gasteiger partial charge is 0.504 e. The number of amides is 2. The lowest BCUT2D eigenvalue weighted by molar-refractivity contribution is -0.136. The van der Waals surface area contributed by atoms with Gasteiger partial charge in [0.2, 0.25) is 0 Å². The Balaban J connectivity index is 0.000000191. The van der Waals surface area contributed by atoms with Gasteiger partial charge in [-0.1, -0.05) is 60.7 Å². The summed E-state index contributed by atoms with van der Waals surface area (Å²) in [5.41, 5.74) is 1.21. The molecule has 0 radical (unpaired) electrons. The van der Waals surface area contributed by atoms with E-state index in [4.69, 9.17) is 10.2 Å². The molecule has 4 heterocycles. The Kier molecular flexibility index (Phi) is 10.4. The van der Waals surface area contributed by atoms with Gasteiger partial charge in [0.05, 0.1) is 9.40 Å². The molecule has 2 aromatic carbocycles. The lowest BCUT2D eigenvalue weighted by Gasteiger charge is -2.05. The van der Waals surface area contributed by atoms with Gasteiger partial charge in [-0.15, -0.1) is 22.7 Å². The van der Waals surface area contributed by atoms with Gasteiger partial charge in [-0.3, -0.25) is 19.2 Å². The van der Waals surface area contributed by atoms with E-state index in [-0.39, 0.29) is 28.2 Å². The molecule has 0 saturated carbocycles. The van der Waals surface area contributed by atoms with Crippen molar-refractivity contribution in [3.8, 4) is 38.7 Å². The third kappa shape index (κ3) is 7.59. The monoisotopic (exact) mass is 761 g/mol. The zero-order valence-corrected chi connectivity index (χ0v) is 27.8. The molecule has 0 unspecified atom stereocenters. The summed E-state index contributed by atoms with van der Waals surface area (Å²) in [5.74, 6) is -4.98. The van der Waals surface area contributed by atoms with Crippen LogP contribution in [0.5, 0.6) is 11.5 Å². The summed E-state index contributed by atoms with van der Waals surface area (Å²) in [6, 6.07) is 20.4. The van der Waals surface area contributed by atoms with Gasteiger partial charge in [0.1, 0.15) is 44.8 Å². The molecule has 15 nitrogen and oxygen atoms in total. The molecule has 6 aromatic rings. The van der Waals surface area contributed by atoms with Gasteiger partial charge in [0.15, 0.2) is 28.6 Å². The number of carbonyl (C=O) groups is 4. The van der Waals surface area contributed by atoms with E-state index in [0.717, 1.165) is 11.1 Å².